The lowest BCUT2D eigenvalue weighted by atomic mass is 10.3. The van der Waals surface area contributed by atoms with E-state index >= 15 is 0 Å². The molecule has 3 N–H and O–H groups in total. The first-order valence-corrected chi connectivity index (χ1v) is 8.92. The van der Waals surface area contributed by atoms with Gasteiger partial charge in [0.2, 0.25) is 10.0 Å². The van der Waals surface area contributed by atoms with Gasteiger partial charge in [0.15, 0.2) is 0 Å². The summed E-state index contributed by atoms with van der Waals surface area (Å²) in [6.07, 6.45) is 0. The minimum Gasteiger partial charge on any atom is -0.379 e. The average Bonchev–Trinajstić information content (AvgIpc) is 2.88. The standard InChI is InChI=1S/C12H21N3O3S2/c1-10(9-15-4-6-18-7-5-15)14-20(16,17)12-3-2-11(8-13)19-12/h2-3,10,14H,4-9,13H2,1H3. The zero-order chi connectivity index (χ0) is 14.6. The van der Waals surface area contributed by atoms with E-state index in [2.05, 4.69) is 9.62 Å². The van der Waals surface area contributed by atoms with Gasteiger partial charge in [0.25, 0.3) is 0 Å². The van der Waals surface area contributed by atoms with E-state index in [0.29, 0.717) is 30.5 Å². The molecule has 0 amide bonds. The first kappa shape index (κ1) is 15.9. The maximum atomic E-state index is 12.2. The molecule has 1 aliphatic rings. The second-order valence-corrected chi connectivity index (χ2v) is 7.97. The van der Waals surface area contributed by atoms with Gasteiger partial charge < -0.3 is 10.5 Å². The minimum absolute atomic E-state index is 0.137. The van der Waals surface area contributed by atoms with Gasteiger partial charge in [-0.15, -0.1) is 11.3 Å². The number of nitrogens with two attached hydrogens (primary N) is 1. The van der Waals surface area contributed by atoms with Crippen LogP contribution in [0.15, 0.2) is 16.3 Å². The minimum atomic E-state index is -3.44. The molecule has 114 valence electrons. The van der Waals surface area contributed by atoms with Crippen molar-refractivity contribution in [3.05, 3.63) is 17.0 Å². The number of hydrogen-bond acceptors (Lipinski definition) is 6. The van der Waals surface area contributed by atoms with E-state index in [9.17, 15) is 8.42 Å². The number of rotatable bonds is 6. The summed E-state index contributed by atoms with van der Waals surface area (Å²) in [5.74, 6) is 0. The highest BCUT2D eigenvalue weighted by molar-refractivity contribution is 7.91. The number of hydrogen-bond donors (Lipinski definition) is 2. The Balaban J connectivity index is 1.93. The van der Waals surface area contributed by atoms with Gasteiger partial charge in [-0.3, -0.25) is 4.90 Å². The largest absolute Gasteiger partial charge is 0.379 e. The first-order valence-electron chi connectivity index (χ1n) is 6.62. The molecule has 20 heavy (non-hydrogen) atoms. The monoisotopic (exact) mass is 319 g/mol. The lowest BCUT2D eigenvalue weighted by molar-refractivity contribution is 0.0354. The molecule has 2 heterocycles. The fourth-order valence-corrected chi connectivity index (χ4v) is 4.63. The van der Waals surface area contributed by atoms with Crippen molar-refractivity contribution in [2.75, 3.05) is 32.8 Å². The van der Waals surface area contributed by atoms with Crippen molar-refractivity contribution in [2.45, 2.75) is 23.7 Å². The summed E-state index contributed by atoms with van der Waals surface area (Å²) >= 11 is 1.22. The highest BCUT2D eigenvalue weighted by atomic mass is 32.2. The zero-order valence-corrected chi connectivity index (χ0v) is 13.2. The van der Waals surface area contributed by atoms with Gasteiger partial charge >= 0.3 is 0 Å². The fraction of sp³-hybridized carbons (Fsp3) is 0.667. The Bertz CT molecular complexity index is 524. The smallest absolute Gasteiger partial charge is 0.250 e. The number of ether oxygens (including phenoxy) is 1. The summed E-state index contributed by atoms with van der Waals surface area (Å²) in [6, 6.07) is 3.23. The normalized spacial score (nSPS) is 19.1. The SMILES string of the molecule is CC(CN1CCOCC1)NS(=O)(=O)c1ccc(CN)s1. The van der Waals surface area contributed by atoms with Crippen LogP contribution >= 0.6 is 11.3 Å². The third-order valence-electron chi connectivity index (χ3n) is 3.10. The Labute approximate surface area is 124 Å². The van der Waals surface area contributed by atoms with Crippen LogP contribution < -0.4 is 10.5 Å². The molecule has 0 aliphatic carbocycles. The van der Waals surface area contributed by atoms with Crippen LogP contribution in [0.25, 0.3) is 0 Å². The van der Waals surface area contributed by atoms with Crippen LogP contribution in [0.4, 0.5) is 0 Å². The maximum Gasteiger partial charge on any atom is 0.250 e. The Morgan fingerprint density at radius 2 is 2.15 bits per heavy atom. The van der Waals surface area contributed by atoms with E-state index in [1.165, 1.54) is 11.3 Å². The molecule has 1 aliphatic heterocycles. The summed E-state index contributed by atoms with van der Waals surface area (Å²) in [4.78, 5) is 3.07. The molecule has 1 aromatic heterocycles. The van der Waals surface area contributed by atoms with Gasteiger partial charge in [-0.25, -0.2) is 13.1 Å². The van der Waals surface area contributed by atoms with E-state index in [0.717, 1.165) is 18.0 Å². The summed E-state index contributed by atoms with van der Waals surface area (Å²) < 4.78 is 32.8. The highest BCUT2D eigenvalue weighted by Crippen LogP contribution is 2.21. The second-order valence-electron chi connectivity index (χ2n) is 4.86. The van der Waals surface area contributed by atoms with Gasteiger partial charge in [-0.1, -0.05) is 0 Å². The van der Waals surface area contributed by atoms with Crippen LogP contribution in [-0.4, -0.2) is 52.2 Å². The molecule has 1 aromatic rings. The van der Waals surface area contributed by atoms with E-state index < -0.39 is 10.0 Å². The Morgan fingerprint density at radius 1 is 1.45 bits per heavy atom. The molecule has 0 bridgehead atoms. The van der Waals surface area contributed by atoms with Crippen LogP contribution in [0.5, 0.6) is 0 Å². The Kier molecular flexibility index (Phi) is 5.53. The van der Waals surface area contributed by atoms with Gasteiger partial charge in [-0.2, -0.15) is 0 Å². The summed E-state index contributed by atoms with van der Waals surface area (Å²) in [6.45, 7) is 6.06. The van der Waals surface area contributed by atoms with Crippen LogP contribution in [0.3, 0.4) is 0 Å². The van der Waals surface area contributed by atoms with E-state index in [1.807, 2.05) is 6.92 Å². The highest BCUT2D eigenvalue weighted by Gasteiger charge is 2.21. The molecular weight excluding hydrogens is 298 g/mol. The van der Waals surface area contributed by atoms with Crippen LogP contribution in [0.2, 0.25) is 0 Å². The number of nitrogens with zero attached hydrogens (tertiary/aromatic N) is 1. The van der Waals surface area contributed by atoms with Crippen molar-refractivity contribution in [3.63, 3.8) is 0 Å². The third-order valence-corrected chi connectivity index (χ3v) is 6.28. The van der Waals surface area contributed by atoms with Gasteiger partial charge in [0, 0.05) is 37.1 Å². The van der Waals surface area contributed by atoms with E-state index in [4.69, 9.17) is 10.5 Å². The Morgan fingerprint density at radius 3 is 2.75 bits per heavy atom. The molecule has 0 spiro atoms. The van der Waals surface area contributed by atoms with Crippen molar-refractivity contribution in [1.29, 1.82) is 0 Å². The quantitative estimate of drug-likeness (QED) is 0.783. The first-order chi connectivity index (χ1) is 9.51. The molecule has 0 saturated carbocycles. The molecule has 0 aromatic carbocycles. The fourth-order valence-electron chi connectivity index (χ4n) is 2.14. The maximum absolute atomic E-state index is 12.2. The van der Waals surface area contributed by atoms with E-state index in [-0.39, 0.29) is 6.04 Å². The van der Waals surface area contributed by atoms with Crippen LogP contribution in [0, 0.1) is 0 Å². The topological polar surface area (TPSA) is 84.7 Å². The third kappa shape index (κ3) is 4.24. The van der Waals surface area contributed by atoms with E-state index in [1.54, 1.807) is 12.1 Å². The second kappa shape index (κ2) is 6.97. The number of morpholine rings is 1. The van der Waals surface area contributed by atoms with Crippen LogP contribution in [0.1, 0.15) is 11.8 Å². The molecule has 2 rings (SSSR count). The summed E-state index contributed by atoms with van der Waals surface area (Å²) in [5, 5.41) is 0. The lowest BCUT2D eigenvalue weighted by Crippen LogP contribution is -2.45. The molecule has 0 radical (unpaired) electrons. The molecule has 1 unspecified atom stereocenters. The molecule has 1 saturated heterocycles. The predicted molar refractivity (Wildman–Crippen MR) is 79.3 cm³/mol. The van der Waals surface area contributed by atoms with Gasteiger partial charge in [0.05, 0.1) is 13.2 Å². The van der Waals surface area contributed by atoms with Crippen molar-refractivity contribution < 1.29 is 13.2 Å². The number of sulfonamides is 1. The molecule has 6 nitrogen and oxygen atoms in total. The summed E-state index contributed by atoms with van der Waals surface area (Å²) in [5.41, 5.74) is 5.51. The summed E-state index contributed by atoms with van der Waals surface area (Å²) in [7, 11) is -3.44. The average molecular weight is 319 g/mol. The predicted octanol–water partition coefficient (Wildman–Crippen LogP) is 0.206. The molecule has 1 fully saturated rings. The number of thiophene rings is 1. The lowest BCUT2D eigenvalue weighted by Gasteiger charge is -2.29. The zero-order valence-electron chi connectivity index (χ0n) is 11.5. The van der Waals surface area contributed by atoms with Gasteiger partial charge in [-0.05, 0) is 19.1 Å². The molecular formula is C12H21N3O3S2. The van der Waals surface area contributed by atoms with Gasteiger partial charge in [0.1, 0.15) is 4.21 Å². The van der Waals surface area contributed by atoms with Crippen molar-refractivity contribution in [2.24, 2.45) is 5.73 Å². The number of nitrogens with one attached hydrogen (secondary N) is 1. The Hall–Kier alpha value is -0.510. The van der Waals surface area contributed by atoms with Crippen molar-refractivity contribution in [3.8, 4) is 0 Å². The molecule has 8 heteroatoms. The van der Waals surface area contributed by atoms with Crippen molar-refractivity contribution >= 4 is 21.4 Å². The van der Waals surface area contributed by atoms with Crippen LogP contribution in [-0.2, 0) is 21.3 Å². The van der Waals surface area contributed by atoms with Crippen molar-refractivity contribution in [1.82, 2.24) is 9.62 Å². The molecule has 1 atom stereocenters.